The number of benzene rings is 3. The molecule has 1 amide bonds. The molecular weight excluding hydrogens is 408 g/mol. The number of rotatable bonds is 5. The van der Waals surface area contributed by atoms with Crippen molar-refractivity contribution in [2.24, 2.45) is 0 Å². The second-order valence-corrected chi connectivity index (χ2v) is 9.04. The molecule has 0 spiro atoms. The van der Waals surface area contributed by atoms with Gasteiger partial charge in [-0.3, -0.25) is 4.79 Å². The first-order chi connectivity index (χ1) is 15.8. The predicted octanol–water partition coefficient (Wildman–Crippen LogP) is 6.75. The maximum Gasteiger partial charge on any atom is 0.255 e. The van der Waals surface area contributed by atoms with E-state index in [4.69, 9.17) is 0 Å². The first kappa shape index (κ1) is 22.2. The summed E-state index contributed by atoms with van der Waals surface area (Å²) >= 11 is 0. The molecule has 0 fully saturated rings. The second-order valence-electron chi connectivity index (χ2n) is 9.04. The molecular formula is C28H28N4O. The van der Waals surface area contributed by atoms with Crippen molar-refractivity contribution in [3.8, 4) is 11.3 Å². The highest BCUT2D eigenvalue weighted by atomic mass is 16.1. The largest absolute Gasteiger partial charge is 0.340 e. The van der Waals surface area contributed by atoms with Gasteiger partial charge in [0.2, 0.25) is 0 Å². The van der Waals surface area contributed by atoms with Gasteiger partial charge in [0.25, 0.3) is 5.91 Å². The fourth-order valence-corrected chi connectivity index (χ4v) is 3.54. The minimum atomic E-state index is -0.142. The average molecular weight is 437 g/mol. The van der Waals surface area contributed by atoms with Crippen molar-refractivity contribution < 1.29 is 4.79 Å². The Hall–Kier alpha value is -3.99. The molecule has 0 unspecified atom stereocenters. The molecule has 0 bridgehead atoms. The van der Waals surface area contributed by atoms with Gasteiger partial charge in [-0.15, -0.1) is 0 Å². The Labute approximate surface area is 194 Å². The van der Waals surface area contributed by atoms with E-state index in [2.05, 4.69) is 41.4 Å². The Kier molecular flexibility index (Phi) is 6.22. The summed E-state index contributed by atoms with van der Waals surface area (Å²) in [7, 11) is 0. The number of aromatic nitrogens is 2. The Bertz CT molecular complexity index is 1260. The van der Waals surface area contributed by atoms with Crippen molar-refractivity contribution >= 4 is 23.1 Å². The number of hydrogen-bond donors (Lipinski definition) is 2. The highest BCUT2D eigenvalue weighted by Crippen LogP contribution is 2.25. The van der Waals surface area contributed by atoms with Crippen molar-refractivity contribution in [3.63, 3.8) is 0 Å². The molecule has 4 rings (SSSR count). The minimum Gasteiger partial charge on any atom is -0.340 e. The van der Waals surface area contributed by atoms with E-state index in [1.54, 1.807) is 0 Å². The summed E-state index contributed by atoms with van der Waals surface area (Å²) in [6.45, 7) is 8.34. The monoisotopic (exact) mass is 436 g/mol. The number of carbonyl (C=O) groups excluding carboxylic acids is 1. The van der Waals surface area contributed by atoms with Gasteiger partial charge in [0, 0.05) is 28.6 Å². The van der Waals surface area contributed by atoms with Gasteiger partial charge in [0.1, 0.15) is 11.6 Å². The van der Waals surface area contributed by atoms with Crippen molar-refractivity contribution in [2.45, 2.75) is 33.1 Å². The van der Waals surface area contributed by atoms with E-state index in [1.165, 1.54) is 5.56 Å². The van der Waals surface area contributed by atoms with Crippen LogP contribution in [0.25, 0.3) is 11.3 Å². The van der Waals surface area contributed by atoms with Crippen LogP contribution in [0.15, 0.2) is 84.9 Å². The molecule has 5 heteroatoms. The van der Waals surface area contributed by atoms with Crippen molar-refractivity contribution in [2.75, 3.05) is 10.6 Å². The Morgan fingerprint density at radius 2 is 1.48 bits per heavy atom. The Balaban J connectivity index is 1.49. The zero-order valence-corrected chi connectivity index (χ0v) is 19.4. The van der Waals surface area contributed by atoms with E-state index in [9.17, 15) is 4.79 Å². The number of carbonyl (C=O) groups is 1. The first-order valence-corrected chi connectivity index (χ1v) is 11.0. The molecule has 0 radical (unpaired) electrons. The normalized spacial score (nSPS) is 11.2. The summed E-state index contributed by atoms with van der Waals surface area (Å²) in [4.78, 5) is 21.8. The molecule has 1 heterocycles. The lowest BCUT2D eigenvalue weighted by Crippen LogP contribution is -2.14. The number of hydrogen-bond acceptors (Lipinski definition) is 4. The molecule has 33 heavy (non-hydrogen) atoms. The number of amides is 1. The zero-order chi connectivity index (χ0) is 23.4. The molecule has 0 aliphatic heterocycles. The molecule has 1 aromatic heterocycles. The molecule has 0 aliphatic carbocycles. The fraction of sp³-hybridized carbons (Fsp3) is 0.179. The fourth-order valence-electron chi connectivity index (χ4n) is 3.54. The van der Waals surface area contributed by atoms with Gasteiger partial charge in [0.15, 0.2) is 0 Å². The highest BCUT2D eigenvalue weighted by Gasteiger charge is 2.14. The molecule has 0 atom stereocenters. The minimum absolute atomic E-state index is 0.0503. The average Bonchev–Trinajstić information content (AvgIpc) is 2.79. The van der Waals surface area contributed by atoms with Crippen LogP contribution in [0, 0.1) is 6.92 Å². The predicted molar refractivity (Wildman–Crippen MR) is 135 cm³/mol. The van der Waals surface area contributed by atoms with E-state index in [0.29, 0.717) is 22.9 Å². The van der Waals surface area contributed by atoms with Crippen LogP contribution in [0.2, 0.25) is 0 Å². The van der Waals surface area contributed by atoms with Crippen LogP contribution in [-0.2, 0) is 5.41 Å². The third kappa shape index (κ3) is 5.63. The van der Waals surface area contributed by atoms with Crippen LogP contribution in [0.4, 0.5) is 17.2 Å². The van der Waals surface area contributed by atoms with Gasteiger partial charge in [-0.1, -0.05) is 69.3 Å². The number of anilines is 3. The second kappa shape index (κ2) is 9.25. The van der Waals surface area contributed by atoms with E-state index < -0.39 is 0 Å². The summed E-state index contributed by atoms with van der Waals surface area (Å²) < 4.78 is 0. The lowest BCUT2D eigenvalue weighted by atomic mass is 9.87. The van der Waals surface area contributed by atoms with Gasteiger partial charge in [-0.2, -0.15) is 0 Å². The third-order valence-corrected chi connectivity index (χ3v) is 5.31. The maximum absolute atomic E-state index is 12.7. The SMILES string of the molecule is Cc1nc(Nc2cccc(NC(=O)c3ccc(C(C)(C)C)cc3)c2)cc(-c2ccccc2)n1. The highest BCUT2D eigenvalue weighted by molar-refractivity contribution is 6.04. The quantitative estimate of drug-likeness (QED) is 0.363. The van der Waals surface area contributed by atoms with Crippen LogP contribution < -0.4 is 10.6 Å². The maximum atomic E-state index is 12.7. The smallest absolute Gasteiger partial charge is 0.255 e. The van der Waals surface area contributed by atoms with Gasteiger partial charge in [0.05, 0.1) is 5.69 Å². The lowest BCUT2D eigenvalue weighted by Gasteiger charge is -2.19. The van der Waals surface area contributed by atoms with Crippen LogP contribution in [0.5, 0.6) is 0 Å². The van der Waals surface area contributed by atoms with Crippen LogP contribution in [-0.4, -0.2) is 15.9 Å². The first-order valence-electron chi connectivity index (χ1n) is 11.0. The lowest BCUT2D eigenvalue weighted by molar-refractivity contribution is 0.102. The van der Waals surface area contributed by atoms with E-state index >= 15 is 0 Å². The Morgan fingerprint density at radius 1 is 0.788 bits per heavy atom. The summed E-state index contributed by atoms with van der Waals surface area (Å²) in [5.41, 5.74) is 5.29. The Morgan fingerprint density at radius 3 is 2.18 bits per heavy atom. The summed E-state index contributed by atoms with van der Waals surface area (Å²) in [6, 6.07) is 27.3. The van der Waals surface area contributed by atoms with Crippen molar-refractivity contribution in [3.05, 3.63) is 102 Å². The number of aryl methyl sites for hydroxylation is 1. The molecule has 166 valence electrons. The molecule has 0 aliphatic rings. The van der Waals surface area contributed by atoms with Crippen molar-refractivity contribution in [1.82, 2.24) is 9.97 Å². The van der Waals surface area contributed by atoms with Gasteiger partial charge < -0.3 is 10.6 Å². The van der Waals surface area contributed by atoms with Crippen LogP contribution in [0.1, 0.15) is 42.5 Å². The molecule has 5 nitrogen and oxygen atoms in total. The third-order valence-electron chi connectivity index (χ3n) is 5.31. The van der Waals surface area contributed by atoms with Gasteiger partial charge in [-0.25, -0.2) is 9.97 Å². The zero-order valence-electron chi connectivity index (χ0n) is 19.4. The molecule has 4 aromatic rings. The molecule has 3 aromatic carbocycles. The molecule has 0 saturated carbocycles. The summed E-state index contributed by atoms with van der Waals surface area (Å²) in [6.07, 6.45) is 0. The van der Waals surface area contributed by atoms with E-state index in [0.717, 1.165) is 16.9 Å². The van der Waals surface area contributed by atoms with E-state index in [-0.39, 0.29) is 11.3 Å². The number of nitrogens with zero attached hydrogens (tertiary/aromatic N) is 2. The van der Waals surface area contributed by atoms with Crippen molar-refractivity contribution in [1.29, 1.82) is 0 Å². The molecule has 2 N–H and O–H groups in total. The molecule has 0 saturated heterocycles. The van der Waals surface area contributed by atoms with Gasteiger partial charge in [-0.05, 0) is 48.2 Å². The summed E-state index contributed by atoms with van der Waals surface area (Å²) in [5, 5.41) is 6.31. The van der Waals surface area contributed by atoms with E-state index in [1.807, 2.05) is 91.9 Å². The van der Waals surface area contributed by atoms with Gasteiger partial charge >= 0.3 is 0 Å². The topological polar surface area (TPSA) is 66.9 Å². The van der Waals surface area contributed by atoms with Crippen LogP contribution in [0.3, 0.4) is 0 Å². The van der Waals surface area contributed by atoms with Crippen LogP contribution >= 0.6 is 0 Å². The summed E-state index contributed by atoms with van der Waals surface area (Å²) in [5.74, 6) is 1.24. The standard InChI is InChI=1S/C28H28N4O/c1-19-29-25(20-9-6-5-7-10-20)18-26(30-19)31-23-11-8-12-24(17-23)32-27(33)21-13-15-22(16-14-21)28(2,3)4/h5-18H,1-4H3,(H,32,33)(H,29,30,31). The number of nitrogens with one attached hydrogen (secondary N) is 2.